The summed E-state index contributed by atoms with van der Waals surface area (Å²) in [5.74, 6) is 0. The van der Waals surface area contributed by atoms with Gasteiger partial charge >= 0.3 is 0 Å². The van der Waals surface area contributed by atoms with Crippen LogP contribution in [0.5, 0.6) is 0 Å². The van der Waals surface area contributed by atoms with Crippen LogP contribution in [0.15, 0.2) is 47.6 Å². The van der Waals surface area contributed by atoms with E-state index in [1.807, 2.05) is 50.2 Å². The second-order valence-corrected chi connectivity index (χ2v) is 5.62. The molecule has 0 fully saturated rings. The van der Waals surface area contributed by atoms with Crippen LogP contribution in [-0.2, 0) is 0 Å². The molecule has 2 aromatic carbocycles. The zero-order valence-corrected chi connectivity index (χ0v) is 13.8. The molecule has 0 saturated carbocycles. The molecule has 0 aliphatic heterocycles. The van der Waals surface area contributed by atoms with Crippen LogP contribution >= 0.6 is 12.2 Å². The van der Waals surface area contributed by atoms with Crippen LogP contribution in [0.2, 0.25) is 0 Å². The van der Waals surface area contributed by atoms with Crippen LogP contribution in [0.1, 0.15) is 23.6 Å². The molecule has 0 unspecified atom stereocenters. The third kappa shape index (κ3) is 4.30. The van der Waals surface area contributed by atoms with Gasteiger partial charge in [-0.2, -0.15) is 5.10 Å². The van der Waals surface area contributed by atoms with Crippen LogP contribution in [0, 0.1) is 13.8 Å². The Labute approximate surface area is 136 Å². The monoisotopic (exact) mass is 312 g/mol. The molecule has 5 heteroatoms. The number of thiocarbonyl (C=S) groups is 1. The van der Waals surface area contributed by atoms with E-state index in [4.69, 9.17) is 18.0 Å². The number of anilines is 2. The highest BCUT2D eigenvalue weighted by molar-refractivity contribution is 7.80. The number of rotatable bonds is 3. The topological polar surface area (TPSA) is 62.4 Å². The Morgan fingerprint density at radius 1 is 1.14 bits per heavy atom. The highest BCUT2D eigenvalue weighted by atomic mass is 32.1. The number of hydrogen-bond acceptors (Lipinski definition) is 3. The first-order valence-corrected chi connectivity index (χ1v) is 7.41. The van der Waals surface area contributed by atoms with E-state index in [-0.39, 0.29) is 0 Å². The van der Waals surface area contributed by atoms with Gasteiger partial charge in [0, 0.05) is 11.4 Å². The Kier molecular flexibility index (Phi) is 5.12. The third-order valence-electron chi connectivity index (χ3n) is 3.26. The van der Waals surface area contributed by atoms with Gasteiger partial charge in [-0.1, -0.05) is 29.8 Å². The summed E-state index contributed by atoms with van der Waals surface area (Å²) in [6.07, 6.45) is 0. The van der Waals surface area contributed by atoms with Gasteiger partial charge in [-0.05, 0) is 62.3 Å². The van der Waals surface area contributed by atoms with Crippen molar-refractivity contribution >= 4 is 34.4 Å². The minimum absolute atomic E-state index is 0.454. The molecule has 0 saturated heterocycles. The Balaban J connectivity index is 2.01. The molecule has 4 N–H and O–H groups in total. The number of aryl methyl sites for hydroxylation is 2. The van der Waals surface area contributed by atoms with Gasteiger partial charge in [0.05, 0.1) is 5.71 Å². The number of nitrogens with zero attached hydrogens (tertiary/aromatic N) is 1. The van der Waals surface area contributed by atoms with Crippen molar-refractivity contribution in [1.82, 2.24) is 5.43 Å². The summed E-state index contributed by atoms with van der Waals surface area (Å²) in [4.78, 5) is 0. The minimum atomic E-state index is 0.454. The molecule has 0 aliphatic carbocycles. The largest absolute Gasteiger partial charge is 0.399 e. The molecule has 0 aromatic heterocycles. The molecular weight excluding hydrogens is 292 g/mol. The fourth-order valence-corrected chi connectivity index (χ4v) is 2.22. The first kappa shape index (κ1) is 16.0. The Bertz CT molecular complexity index is 722. The first-order chi connectivity index (χ1) is 10.5. The lowest BCUT2D eigenvalue weighted by Gasteiger charge is -2.11. The Hall–Kier alpha value is -2.40. The summed E-state index contributed by atoms with van der Waals surface area (Å²) in [6.45, 7) is 6.01. The van der Waals surface area contributed by atoms with Gasteiger partial charge in [0.15, 0.2) is 5.11 Å². The maximum Gasteiger partial charge on any atom is 0.191 e. The molecule has 4 nitrogen and oxygen atoms in total. The number of hydrogen-bond donors (Lipinski definition) is 3. The highest BCUT2D eigenvalue weighted by Crippen LogP contribution is 2.15. The predicted octanol–water partition coefficient (Wildman–Crippen LogP) is 3.60. The second-order valence-electron chi connectivity index (χ2n) is 5.21. The van der Waals surface area contributed by atoms with E-state index in [1.54, 1.807) is 0 Å². The zero-order chi connectivity index (χ0) is 16.1. The first-order valence-electron chi connectivity index (χ1n) is 7.00. The lowest BCUT2D eigenvalue weighted by atomic mass is 10.1. The van der Waals surface area contributed by atoms with Crippen LogP contribution in [0.4, 0.5) is 11.4 Å². The van der Waals surface area contributed by atoms with E-state index < -0.39 is 0 Å². The molecule has 0 bridgehead atoms. The van der Waals surface area contributed by atoms with Crippen molar-refractivity contribution in [2.45, 2.75) is 20.8 Å². The van der Waals surface area contributed by atoms with Crippen LogP contribution in [-0.4, -0.2) is 10.8 Å². The van der Waals surface area contributed by atoms with Crippen LogP contribution in [0.3, 0.4) is 0 Å². The standard InChI is InChI=1S/C17H20N4S/c1-11-7-8-16(12(2)9-11)19-17(22)21-20-13(3)14-5-4-6-15(18)10-14/h4-10H,18H2,1-3H3,(H2,19,21,22)/b20-13-. The lowest BCUT2D eigenvalue weighted by Crippen LogP contribution is -2.25. The van der Waals surface area contributed by atoms with Gasteiger partial charge in [-0.25, -0.2) is 0 Å². The van der Waals surface area contributed by atoms with Gasteiger partial charge < -0.3 is 11.1 Å². The summed E-state index contributed by atoms with van der Waals surface area (Å²) in [5.41, 5.74) is 14.4. The third-order valence-corrected chi connectivity index (χ3v) is 3.45. The van der Waals surface area contributed by atoms with Crippen molar-refractivity contribution in [2.24, 2.45) is 5.10 Å². The maximum atomic E-state index is 5.77. The molecular formula is C17H20N4S. The van der Waals surface area contributed by atoms with Crippen molar-refractivity contribution in [2.75, 3.05) is 11.1 Å². The summed E-state index contributed by atoms with van der Waals surface area (Å²) in [6, 6.07) is 13.7. The normalized spacial score (nSPS) is 11.1. The van der Waals surface area contributed by atoms with E-state index in [0.717, 1.165) is 22.5 Å². The van der Waals surface area contributed by atoms with Crippen LogP contribution < -0.4 is 16.5 Å². The lowest BCUT2D eigenvalue weighted by molar-refractivity contribution is 1.04. The average molecular weight is 312 g/mol. The molecule has 0 atom stereocenters. The molecule has 2 rings (SSSR count). The molecule has 2 aromatic rings. The molecule has 0 radical (unpaired) electrons. The van der Waals surface area contributed by atoms with Crippen molar-refractivity contribution < 1.29 is 0 Å². The number of benzene rings is 2. The minimum Gasteiger partial charge on any atom is -0.399 e. The second kappa shape index (κ2) is 7.04. The van der Waals surface area contributed by atoms with E-state index in [9.17, 15) is 0 Å². The van der Waals surface area contributed by atoms with Crippen molar-refractivity contribution in [3.05, 3.63) is 59.2 Å². The van der Waals surface area contributed by atoms with Gasteiger partial charge in [-0.15, -0.1) is 0 Å². The van der Waals surface area contributed by atoms with Gasteiger partial charge in [0.25, 0.3) is 0 Å². The fraction of sp³-hybridized carbons (Fsp3) is 0.176. The smallest absolute Gasteiger partial charge is 0.191 e. The quantitative estimate of drug-likeness (QED) is 0.351. The molecule has 0 heterocycles. The van der Waals surface area contributed by atoms with Gasteiger partial charge in [-0.3, -0.25) is 5.43 Å². The molecule has 22 heavy (non-hydrogen) atoms. The van der Waals surface area contributed by atoms with Crippen molar-refractivity contribution in [3.63, 3.8) is 0 Å². The predicted molar refractivity (Wildman–Crippen MR) is 98.3 cm³/mol. The molecule has 0 amide bonds. The Morgan fingerprint density at radius 2 is 1.91 bits per heavy atom. The maximum absolute atomic E-state index is 5.77. The molecule has 0 spiro atoms. The summed E-state index contributed by atoms with van der Waals surface area (Å²) in [5, 5.41) is 7.88. The Morgan fingerprint density at radius 3 is 2.59 bits per heavy atom. The van der Waals surface area contributed by atoms with Crippen LogP contribution in [0.25, 0.3) is 0 Å². The van der Waals surface area contributed by atoms with Gasteiger partial charge in [0.2, 0.25) is 0 Å². The number of nitrogens with one attached hydrogen (secondary N) is 2. The summed E-state index contributed by atoms with van der Waals surface area (Å²) >= 11 is 5.27. The SMILES string of the molecule is C/C(=N/NC(=S)Nc1ccc(C)cc1C)c1cccc(N)c1. The molecule has 114 valence electrons. The van der Waals surface area contributed by atoms with E-state index >= 15 is 0 Å². The van der Waals surface area contributed by atoms with Crippen molar-refractivity contribution in [1.29, 1.82) is 0 Å². The molecule has 0 aliphatic rings. The summed E-state index contributed by atoms with van der Waals surface area (Å²) in [7, 11) is 0. The fourth-order valence-electron chi connectivity index (χ4n) is 2.07. The van der Waals surface area contributed by atoms with Crippen molar-refractivity contribution in [3.8, 4) is 0 Å². The van der Waals surface area contributed by atoms with E-state index in [1.165, 1.54) is 5.56 Å². The van der Waals surface area contributed by atoms with E-state index in [2.05, 4.69) is 28.8 Å². The highest BCUT2D eigenvalue weighted by Gasteiger charge is 2.02. The number of hydrazone groups is 1. The van der Waals surface area contributed by atoms with Gasteiger partial charge in [0.1, 0.15) is 0 Å². The average Bonchev–Trinajstić information content (AvgIpc) is 2.47. The number of nitrogens with two attached hydrogens (primary N) is 1. The number of nitrogen functional groups attached to an aromatic ring is 1. The zero-order valence-electron chi connectivity index (χ0n) is 13.0. The van der Waals surface area contributed by atoms with E-state index in [0.29, 0.717) is 10.8 Å². The summed E-state index contributed by atoms with van der Waals surface area (Å²) < 4.78 is 0.